The molecule has 2 aromatic rings. The molecule has 0 aliphatic heterocycles. The van der Waals surface area contributed by atoms with Crippen LogP contribution in [0.3, 0.4) is 0 Å². The number of ether oxygens (including phenoxy) is 2. The van der Waals surface area contributed by atoms with Crippen LogP contribution < -0.4 is 5.32 Å². The van der Waals surface area contributed by atoms with Crippen LogP contribution in [0.15, 0.2) is 16.8 Å². The van der Waals surface area contributed by atoms with E-state index in [4.69, 9.17) is 9.47 Å². The molecule has 144 valence electrons. The van der Waals surface area contributed by atoms with Crippen LogP contribution in [0.1, 0.15) is 46.1 Å². The summed E-state index contributed by atoms with van der Waals surface area (Å²) in [6.45, 7) is 1.65. The zero-order valence-electron chi connectivity index (χ0n) is 15.0. The molecule has 0 saturated heterocycles. The second-order valence-corrected chi connectivity index (χ2v) is 8.04. The topological polar surface area (TPSA) is 81.7 Å². The number of carbonyl (C=O) groups is 3. The fraction of sp³-hybridized carbons (Fsp3) is 0.421. The largest absolute Gasteiger partial charge is 0.462 e. The molecule has 1 aliphatic carbocycles. The highest BCUT2D eigenvalue weighted by Crippen LogP contribution is 2.38. The van der Waals surface area contributed by atoms with Gasteiger partial charge in [-0.3, -0.25) is 9.59 Å². The number of thiophene rings is 2. The lowest BCUT2D eigenvalue weighted by atomic mass is 9.95. The van der Waals surface area contributed by atoms with Crippen molar-refractivity contribution in [2.45, 2.75) is 39.0 Å². The number of amides is 1. The van der Waals surface area contributed by atoms with Gasteiger partial charge in [0, 0.05) is 4.88 Å². The Morgan fingerprint density at radius 3 is 2.74 bits per heavy atom. The molecule has 0 atom stereocenters. The summed E-state index contributed by atoms with van der Waals surface area (Å²) in [5.41, 5.74) is 2.30. The van der Waals surface area contributed by atoms with E-state index < -0.39 is 17.8 Å². The number of anilines is 1. The number of nitrogens with one attached hydrogen (secondary N) is 1. The zero-order chi connectivity index (χ0) is 19.2. The number of rotatable bonds is 7. The highest BCUT2D eigenvalue weighted by Gasteiger charge is 2.27. The van der Waals surface area contributed by atoms with Crippen molar-refractivity contribution in [1.82, 2.24) is 0 Å². The van der Waals surface area contributed by atoms with E-state index in [1.165, 1.54) is 22.7 Å². The molecule has 27 heavy (non-hydrogen) atoms. The first-order chi connectivity index (χ1) is 13.1. The number of fused-ring (bicyclic) bond motifs is 1. The molecule has 8 heteroatoms. The number of aryl methyl sites for hydroxylation is 1. The molecular formula is C19H21NO5S2. The Kier molecular flexibility index (Phi) is 6.63. The molecule has 2 aromatic heterocycles. The fourth-order valence-electron chi connectivity index (χ4n) is 2.99. The van der Waals surface area contributed by atoms with Crippen molar-refractivity contribution < 1.29 is 23.9 Å². The van der Waals surface area contributed by atoms with Crippen molar-refractivity contribution in [3.05, 3.63) is 38.4 Å². The van der Waals surface area contributed by atoms with Gasteiger partial charge in [-0.15, -0.1) is 11.3 Å². The van der Waals surface area contributed by atoms with Crippen LogP contribution in [0.2, 0.25) is 0 Å². The van der Waals surface area contributed by atoms with Gasteiger partial charge in [0.2, 0.25) is 0 Å². The van der Waals surface area contributed by atoms with E-state index in [-0.39, 0.29) is 19.6 Å². The van der Waals surface area contributed by atoms with Crippen molar-refractivity contribution in [2.75, 3.05) is 18.5 Å². The molecule has 0 unspecified atom stereocenters. The minimum atomic E-state index is -0.460. The van der Waals surface area contributed by atoms with Crippen LogP contribution in [-0.2, 0) is 38.3 Å². The van der Waals surface area contributed by atoms with Crippen molar-refractivity contribution in [1.29, 1.82) is 0 Å². The maximum atomic E-state index is 12.4. The van der Waals surface area contributed by atoms with Gasteiger partial charge >= 0.3 is 11.9 Å². The quantitative estimate of drug-likeness (QED) is 0.710. The second-order valence-electron chi connectivity index (χ2n) is 6.15. The summed E-state index contributed by atoms with van der Waals surface area (Å²) in [5, 5.41) is 6.95. The SMILES string of the molecule is CCOC(=O)c1c(NC(=O)COC(=O)Cc2ccsc2)sc2c1CCCC2. The van der Waals surface area contributed by atoms with Gasteiger partial charge in [-0.1, -0.05) is 0 Å². The summed E-state index contributed by atoms with van der Waals surface area (Å²) in [4.78, 5) is 37.5. The van der Waals surface area contributed by atoms with E-state index in [0.29, 0.717) is 10.6 Å². The van der Waals surface area contributed by atoms with Crippen LogP contribution in [0.5, 0.6) is 0 Å². The van der Waals surface area contributed by atoms with Crippen molar-refractivity contribution in [2.24, 2.45) is 0 Å². The van der Waals surface area contributed by atoms with Crippen LogP contribution in [0.4, 0.5) is 5.00 Å². The van der Waals surface area contributed by atoms with E-state index in [1.807, 2.05) is 16.8 Å². The number of carbonyl (C=O) groups excluding carboxylic acids is 3. The molecule has 6 nitrogen and oxygen atoms in total. The smallest absolute Gasteiger partial charge is 0.341 e. The lowest BCUT2D eigenvalue weighted by Crippen LogP contribution is -2.22. The van der Waals surface area contributed by atoms with E-state index >= 15 is 0 Å². The third kappa shape index (κ3) is 4.95. The lowest BCUT2D eigenvalue weighted by molar-refractivity contribution is -0.146. The van der Waals surface area contributed by atoms with E-state index in [1.54, 1.807) is 6.92 Å². The Morgan fingerprint density at radius 2 is 2.00 bits per heavy atom. The molecule has 0 radical (unpaired) electrons. The number of hydrogen-bond acceptors (Lipinski definition) is 7. The minimum absolute atomic E-state index is 0.137. The summed E-state index contributed by atoms with van der Waals surface area (Å²) in [5.74, 6) is -1.33. The number of hydrogen-bond donors (Lipinski definition) is 1. The third-order valence-electron chi connectivity index (χ3n) is 4.20. The molecule has 2 heterocycles. The average molecular weight is 408 g/mol. The Balaban J connectivity index is 1.63. The first kappa shape index (κ1) is 19.6. The molecule has 3 rings (SSSR count). The molecular weight excluding hydrogens is 386 g/mol. The first-order valence-electron chi connectivity index (χ1n) is 8.86. The summed E-state index contributed by atoms with van der Waals surface area (Å²) in [7, 11) is 0. The summed E-state index contributed by atoms with van der Waals surface area (Å²) in [6, 6.07) is 1.84. The maximum absolute atomic E-state index is 12.4. The Labute approximate surface area is 165 Å². The predicted molar refractivity (Wildman–Crippen MR) is 105 cm³/mol. The van der Waals surface area contributed by atoms with Crippen LogP contribution in [0, 0.1) is 0 Å². The van der Waals surface area contributed by atoms with Gasteiger partial charge in [0.25, 0.3) is 5.91 Å². The Hall–Kier alpha value is -2.19. The summed E-state index contributed by atoms with van der Waals surface area (Å²) < 4.78 is 10.2. The van der Waals surface area contributed by atoms with Gasteiger partial charge in [-0.25, -0.2) is 4.79 Å². The average Bonchev–Trinajstić information content (AvgIpc) is 3.27. The van der Waals surface area contributed by atoms with E-state index in [0.717, 1.165) is 41.7 Å². The molecule has 1 aliphatic rings. The standard InChI is InChI=1S/C19H21NO5S2/c1-2-24-19(23)17-13-5-3-4-6-14(13)27-18(17)20-15(21)10-25-16(22)9-12-7-8-26-11-12/h7-8,11H,2-6,9-10H2,1H3,(H,20,21). The summed E-state index contributed by atoms with van der Waals surface area (Å²) in [6.07, 6.45) is 3.94. The van der Waals surface area contributed by atoms with Crippen LogP contribution >= 0.6 is 22.7 Å². The van der Waals surface area contributed by atoms with Crippen molar-refractivity contribution in [3.63, 3.8) is 0 Å². The lowest BCUT2D eigenvalue weighted by Gasteiger charge is -2.12. The highest BCUT2D eigenvalue weighted by molar-refractivity contribution is 7.17. The van der Waals surface area contributed by atoms with E-state index in [2.05, 4.69) is 5.32 Å². The van der Waals surface area contributed by atoms with Gasteiger partial charge in [-0.2, -0.15) is 11.3 Å². The van der Waals surface area contributed by atoms with Crippen molar-refractivity contribution in [3.8, 4) is 0 Å². The van der Waals surface area contributed by atoms with Crippen LogP contribution in [-0.4, -0.2) is 31.1 Å². The van der Waals surface area contributed by atoms with Crippen molar-refractivity contribution >= 4 is 45.5 Å². The molecule has 1 N–H and O–H groups in total. The predicted octanol–water partition coefficient (Wildman–Crippen LogP) is 3.59. The van der Waals surface area contributed by atoms with Gasteiger partial charge in [0.05, 0.1) is 18.6 Å². The minimum Gasteiger partial charge on any atom is -0.462 e. The molecule has 0 spiro atoms. The van der Waals surface area contributed by atoms with Gasteiger partial charge < -0.3 is 14.8 Å². The molecule has 0 bridgehead atoms. The highest BCUT2D eigenvalue weighted by atomic mass is 32.1. The van der Waals surface area contributed by atoms with Gasteiger partial charge in [-0.05, 0) is 60.6 Å². The second kappa shape index (κ2) is 9.14. The van der Waals surface area contributed by atoms with Gasteiger partial charge in [0.1, 0.15) is 5.00 Å². The Bertz CT molecular complexity index is 826. The normalized spacial score (nSPS) is 12.9. The fourth-order valence-corrected chi connectivity index (χ4v) is 4.96. The monoisotopic (exact) mass is 407 g/mol. The number of esters is 2. The van der Waals surface area contributed by atoms with Crippen LogP contribution in [0.25, 0.3) is 0 Å². The zero-order valence-corrected chi connectivity index (χ0v) is 16.7. The first-order valence-corrected chi connectivity index (χ1v) is 10.6. The molecule has 0 aromatic carbocycles. The van der Waals surface area contributed by atoms with E-state index in [9.17, 15) is 14.4 Å². The molecule has 0 saturated carbocycles. The Morgan fingerprint density at radius 1 is 1.19 bits per heavy atom. The molecule has 1 amide bonds. The summed E-state index contributed by atoms with van der Waals surface area (Å²) >= 11 is 2.91. The van der Waals surface area contributed by atoms with Gasteiger partial charge in [0.15, 0.2) is 6.61 Å². The molecule has 0 fully saturated rings. The third-order valence-corrected chi connectivity index (χ3v) is 6.14. The maximum Gasteiger partial charge on any atom is 0.341 e.